The fraction of sp³-hybridized carbons (Fsp3) is 0.741. The lowest BCUT2D eigenvalue weighted by Gasteiger charge is -2.26. The average molecular weight is 448 g/mol. The molecule has 5 nitrogen and oxygen atoms in total. The van der Waals surface area contributed by atoms with Crippen LogP contribution in [0.25, 0.3) is 0 Å². The van der Waals surface area contributed by atoms with Gasteiger partial charge in [0, 0.05) is 12.8 Å². The van der Waals surface area contributed by atoms with Crippen LogP contribution in [0.4, 0.5) is 0 Å². The number of hydrogen-bond acceptors (Lipinski definition) is 4. The number of rotatable bonds is 15. The van der Waals surface area contributed by atoms with E-state index in [2.05, 4.69) is 31.2 Å². The van der Waals surface area contributed by atoms with Gasteiger partial charge in [-0.3, -0.25) is 14.5 Å². The van der Waals surface area contributed by atoms with Crippen molar-refractivity contribution in [3.05, 3.63) is 24.3 Å². The fourth-order valence-corrected chi connectivity index (χ4v) is 3.80. The van der Waals surface area contributed by atoms with Gasteiger partial charge in [-0.15, -0.1) is 0 Å². The Balaban J connectivity index is 2.14. The smallest absolute Gasteiger partial charge is 0.329 e. The fourth-order valence-electron chi connectivity index (χ4n) is 3.80. The van der Waals surface area contributed by atoms with Crippen molar-refractivity contribution in [1.29, 1.82) is 0 Å². The van der Waals surface area contributed by atoms with Crippen LogP contribution in [-0.2, 0) is 19.1 Å². The van der Waals surface area contributed by atoms with Crippen molar-refractivity contribution in [3.63, 3.8) is 0 Å². The summed E-state index contributed by atoms with van der Waals surface area (Å²) in [6.07, 6.45) is 22.3. The van der Waals surface area contributed by atoms with Crippen LogP contribution < -0.4 is 0 Å². The van der Waals surface area contributed by atoms with Crippen LogP contribution in [0.15, 0.2) is 24.3 Å². The summed E-state index contributed by atoms with van der Waals surface area (Å²) in [4.78, 5) is 38.2. The number of allylic oxidation sites excluding steroid dienone is 4. The molecule has 182 valence electrons. The summed E-state index contributed by atoms with van der Waals surface area (Å²) < 4.78 is 5.39. The summed E-state index contributed by atoms with van der Waals surface area (Å²) in [5.41, 5.74) is -0.627. The standard InChI is InChI=1S/C27H45NO4/c1-5-6-7-8-9-10-11-12-13-14-15-16-17-18-19-20-24(29)28-23(21-22-25(28)30)26(31)32-27(2,3)4/h9-10,12-13,23H,5-8,11,14-22H2,1-4H3/b10-9-,13-12-. The number of unbranched alkanes of at least 4 members (excludes halogenated alkanes) is 8. The topological polar surface area (TPSA) is 63.7 Å². The Hall–Kier alpha value is -1.91. The largest absolute Gasteiger partial charge is 0.458 e. The zero-order valence-electron chi connectivity index (χ0n) is 20.9. The second-order valence-corrected chi connectivity index (χ2v) is 9.73. The maximum Gasteiger partial charge on any atom is 0.329 e. The van der Waals surface area contributed by atoms with Gasteiger partial charge < -0.3 is 4.74 Å². The molecule has 1 saturated heterocycles. The van der Waals surface area contributed by atoms with Gasteiger partial charge in [0.1, 0.15) is 11.6 Å². The number of carbonyl (C=O) groups is 3. The molecule has 1 fully saturated rings. The van der Waals surface area contributed by atoms with E-state index in [1.165, 1.54) is 25.7 Å². The number of hydrogen-bond donors (Lipinski definition) is 0. The summed E-state index contributed by atoms with van der Waals surface area (Å²) in [6.45, 7) is 7.59. The highest BCUT2D eigenvalue weighted by Crippen LogP contribution is 2.24. The number of nitrogens with zero attached hydrogens (tertiary/aromatic N) is 1. The molecule has 1 atom stereocenters. The van der Waals surface area contributed by atoms with E-state index < -0.39 is 17.6 Å². The zero-order valence-corrected chi connectivity index (χ0v) is 20.9. The molecule has 0 aromatic rings. The van der Waals surface area contributed by atoms with Gasteiger partial charge >= 0.3 is 5.97 Å². The van der Waals surface area contributed by atoms with Crippen molar-refractivity contribution in [1.82, 2.24) is 4.90 Å². The van der Waals surface area contributed by atoms with Crippen LogP contribution in [0.5, 0.6) is 0 Å². The first-order valence-electron chi connectivity index (χ1n) is 12.6. The first-order chi connectivity index (χ1) is 15.3. The third kappa shape index (κ3) is 12.2. The Morgan fingerprint density at radius 1 is 0.938 bits per heavy atom. The van der Waals surface area contributed by atoms with Crippen LogP contribution in [0.1, 0.15) is 118 Å². The van der Waals surface area contributed by atoms with E-state index in [9.17, 15) is 14.4 Å². The van der Waals surface area contributed by atoms with Gasteiger partial charge in [-0.05, 0) is 65.7 Å². The Kier molecular flexibility index (Phi) is 13.9. The number of esters is 1. The van der Waals surface area contributed by atoms with Crippen molar-refractivity contribution >= 4 is 17.8 Å². The van der Waals surface area contributed by atoms with Crippen molar-refractivity contribution < 1.29 is 19.1 Å². The summed E-state index contributed by atoms with van der Waals surface area (Å²) in [7, 11) is 0. The van der Waals surface area contributed by atoms with Crippen molar-refractivity contribution in [2.45, 2.75) is 129 Å². The van der Waals surface area contributed by atoms with Gasteiger partial charge in [-0.25, -0.2) is 4.79 Å². The van der Waals surface area contributed by atoms with Gasteiger partial charge in [0.25, 0.3) is 0 Å². The lowest BCUT2D eigenvalue weighted by Crippen LogP contribution is -2.45. The van der Waals surface area contributed by atoms with E-state index in [0.717, 1.165) is 49.8 Å². The van der Waals surface area contributed by atoms with E-state index in [0.29, 0.717) is 12.8 Å². The summed E-state index contributed by atoms with van der Waals surface area (Å²) in [5, 5.41) is 0. The Bertz CT molecular complexity index is 630. The van der Waals surface area contributed by atoms with E-state index >= 15 is 0 Å². The molecule has 1 aliphatic heterocycles. The minimum absolute atomic E-state index is 0.234. The quantitative estimate of drug-likeness (QED) is 0.160. The molecule has 0 saturated carbocycles. The maximum atomic E-state index is 12.6. The number of imide groups is 1. The first-order valence-corrected chi connectivity index (χ1v) is 12.6. The minimum atomic E-state index is -0.757. The SMILES string of the molecule is CCCCC/C=C\C/C=C\CCCCCCCC(=O)N1C(=O)CCC1C(=O)OC(C)(C)C. The van der Waals surface area contributed by atoms with Crippen LogP contribution in [0.3, 0.4) is 0 Å². The third-order valence-electron chi connectivity index (χ3n) is 5.50. The van der Waals surface area contributed by atoms with Gasteiger partial charge in [-0.2, -0.15) is 0 Å². The third-order valence-corrected chi connectivity index (χ3v) is 5.50. The Labute approximate surface area is 195 Å². The number of likely N-dealkylation sites (tertiary alicyclic amines) is 1. The minimum Gasteiger partial charge on any atom is -0.458 e. The predicted octanol–water partition coefficient (Wildman–Crippen LogP) is 6.66. The second kappa shape index (κ2) is 15.8. The number of amides is 2. The lowest BCUT2D eigenvalue weighted by molar-refractivity contribution is -0.165. The van der Waals surface area contributed by atoms with Crippen LogP contribution in [0, 0.1) is 0 Å². The predicted molar refractivity (Wildman–Crippen MR) is 130 cm³/mol. The highest BCUT2D eigenvalue weighted by molar-refractivity contribution is 6.01. The summed E-state index contributed by atoms with van der Waals surface area (Å²) in [6, 6.07) is -0.757. The van der Waals surface area contributed by atoms with Crippen LogP contribution in [-0.4, -0.2) is 34.3 Å². The molecule has 0 N–H and O–H groups in total. The van der Waals surface area contributed by atoms with E-state index in [-0.39, 0.29) is 18.2 Å². The van der Waals surface area contributed by atoms with Gasteiger partial charge in [0.2, 0.25) is 11.8 Å². The molecule has 1 unspecified atom stereocenters. The van der Waals surface area contributed by atoms with Crippen molar-refractivity contribution in [2.24, 2.45) is 0 Å². The van der Waals surface area contributed by atoms with Gasteiger partial charge in [0.05, 0.1) is 0 Å². The molecule has 0 aromatic heterocycles. The molecule has 1 heterocycles. The van der Waals surface area contributed by atoms with Gasteiger partial charge in [-0.1, -0.05) is 63.3 Å². The zero-order chi connectivity index (χ0) is 23.8. The summed E-state index contributed by atoms with van der Waals surface area (Å²) in [5.74, 6) is -0.973. The van der Waals surface area contributed by atoms with E-state index in [1.54, 1.807) is 20.8 Å². The molecule has 0 aromatic carbocycles. The molecule has 0 radical (unpaired) electrons. The highest BCUT2D eigenvalue weighted by atomic mass is 16.6. The molecule has 1 rings (SSSR count). The van der Waals surface area contributed by atoms with Crippen molar-refractivity contribution in [3.8, 4) is 0 Å². The molecule has 0 aliphatic carbocycles. The average Bonchev–Trinajstić information content (AvgIpc) is 3.11. The molecular weight excluding hydrogens is 402 g/mol. The molecule has 0 bridgehead atoms. The number of carbonyl (C=O) groups excluding carboxylic acids is 3. The van der Waals surface area contributed by atoms with E-state index in [1.807, 2.05) is 0 Å². The van der Waals surface area contributed by atoms with Crippen molar-refractivity contribution in [2.75, 3.05) is 0 Å². The normalized spacial score (nSPS) is 17.1. The van der Waals surface area contributed by atoms with Gasteiger partial charge in [0.15, 0.2) is 0 Å². The van der Waals surface area contributed by atoms with Crippen LogP contribution in [0.2, 0.25) is 0 Å². The molecule has 5 heteroatoms. The lowest BCUT2D eigenvalue weighted by atomic mass is 10.1. The highest BCUT2D eigenvalue weighted by Gasteiger charge is 2.41. The van der Waals surface area contributed by atoms with E-state index in [4.69, 9.17) is 4.74 Å². The molecule has 1 aliphatic rings. The molecular formula is C27H45NO4. The number of ether oxygens (including phenoxy) is 1. The molecule has 32 heavy (non-hydrogen) atoms. The second-order valence-electron chi connectivity index (χ2n) is 9.73. The Morgan fingerprint density at radius 3 is 2.16 bits per heavy atom. The summed E-state index contributed by atoms with van der Waals surface area (Å²) >= 11 is 0. The monoisotopic (exact) mass is 447 g/mol. The van der Waals surface area contributed by atoms with Crippen LogP contribution >= 0.6 is 0 Å². The first kappa shape index (κ1) is 28.1. The maximum absolute atomic E-state index is 12.6. The molecule has 2 amide bonds. The Morgan fingerprint density at radius 2 is 1.53 bits per heavy atom. The molecule has 0 spiro atoms.